The van der Waals surface area contributed by atoms with Gasteiger partial charge in [0.2, 0.25) is 0 Å². The number of carbonyl (C=O) groups is 1. The molecule has 0 amide bonds. The van der Waals surface area contributed by atoms with Gasteiger partial charge in [0, 0.05) is 31.8 Å². The molecular formula is C11H13NO5. The highest BCUT2D eigenvalue weighted by Crippen LogP contribution is 2.27. The van der Waals surface area contributed by atoms with Crippen LogP contribution in [0.3, 0.4) is 0 Å². The number of hydrogen-bond donors (Lipinski definition) is 0. The van der Waals surface area contributed by atoms with Crippen LogP contribution in [0.1, 0.15) is 16.8 Å². The quantitative estimate of drug-likeness (QED) is 0.314. The molecule has 0 aliphatic carbocycles. The summed E-state index contributed by atoms with van der Waals surface area (Å²) < 4.78 is 10.1. The molecule has 0 unspecified atom stereocenters. The molecule has 0 radical (unpaired) electrons. The molecule has 6 heteroatoms. The monoisotopic (exact) mass is 239 g/mol. The number of hydrogen-bond acceptors (Lipinski definition) is 5. The Labute approximate surface area is 98.3 Å². The van der Waals surface area contributed by atoms with E-state index in [2.05, 4.69) is 0 Å². The molecule has 0 spiro atoms. The van der Waals surface area contributed by atoms with Gasteiger partial charge in [0.25, 0.3) is 0 Å². The second-order valence-electron chi connectivity index (χ2n) is 3.30. The van der Waals surface area contributed by atoms with Gasteiger partial charge in [0.1, 0.15) is 6.29 Å². The SMILES string of the molecule is COCCCOc1ccc(C=O)cc1[N+](=O)[O-]. The van der Waals surface area contributed by atoms with Crippen LogP contribution in [0.4, 0.5) is 5.69 Å². The lowest BCUT2D eigenvalue weighted by atomic mass is 10.2. The van der Waals surface area contributed by atoms with E-state index in [-0.39, 0.29) is 17.0 Å². The van der Waals surface area contributed by atoms with Gasteiger partial charge < -0.3 is 9.47 Å². The summed E-state index contributed by atoms with van der Waals surface area (Å²) in [6, 6.07) is 4.10. The highest BCUT2D eigenvalue weighted by atomic mass is 16.6. The minimum atomic E-state index is -0.571. The first-order chi connectivity index (χ1) is 8.19. The van der Waals surface area contributed by atoms with E-state index in [1.165, 1.54) is 18.2 Å². The van der Waals surface area contributed by atoms with Crippen LogP contribution in [0, 0.1) is 10.1 Å². The van der Waals surface area contributed by atoms with E-state index in [1.54, 1.807) is 7.11 Å². The third kappa shape index (κ3) is 3.84. The third-order valence-electron chi connectivity index (χ3n) is 2.07. The standard InChI is InChI=1S/C11H13NO5/c1-16-5-2-6-17-11-4-3-9(8-13)7-10(11)12(14)15/h3-4,7-8H,2,5-6H2,1H3. The smallest absolute Gasteiger partial charge is 0.311 e. The van der Waals surface area contributed by atoms with Crippen molar-refractivity contribution < 1.29 is 19.2 Å². The van der Waals surface area contributed by atoms with E-state index < -0.39 is 4.92 Å². The van der Waals surface area contributed by atoms with Crippen LogP contribution in [0.25, 0.3) is 0 Å². The Hall–Kier alpha value is -1.95. The molecule has 0 aromatic heterocycles. The Kier molecular flexibility index (Phi) is 5.09. The van der Waals surface area contributed by atoms with Crippen LogP contribution in [0.5, 0.6) is 5.75 Å². The predicted octanol–water partition coefficient (Wildman–Crippen LogP) is 1.82. The van der Waals surface area contributed by atoms with Crippen molar-refractivity contribution in [1.82, 2.24) is 0 Å². The predicted molar refractivity (Wildman–Crippen MR) is 60.5 cm³/mol. The zero-order valence-corrected chi connectivity index (χ0v) is 9.42. The molecule has 0 bridgehead atoms. The number of nitrogens with zero attached hydrogens (tertiary/aromatic N) is 1. The highest BCUT2D eigenvalue weighted by Gasteiger charge is 2.15. The Morgan fingerprint density at radius 1 is 1.41 bits per heavy atom. The lowest BCUT2D eigenvalue weighted by Crippen LogP contribution is -2.03. The van der Waals surface area contributed by atoms with Crippen LogP contribution in [0.2, 0.25) is 0 Å². The maximum absolute atomic E-state index is 10.8. The van der Waals surface area contributed by atoms with Gasteiger partial charge in [-0.05, 0) is 12.1 Å². The lowest BCUT2D eigenvalue weighted by molar-refractivity contribution is -0.385. The summed E-state index contributed by atoms with van der Waals surface area (Å²) in [5.74, 6) is 0.164. The van der Waals surface area contributed by atoms with Gasteiger partial charge in [-0.15, -0.1) is 0 Å². The Morgan fingerprint density at radius 3 is 2.76 bits per heavy atom. The molecule has 17 heavy (non-hydrogen) atoms. The topological polar surface area (TPSA) is 78.7 Å². The average molecular weight is 239 g/mol. The molecule has 0 aliphatic heterocycles. The van der Waals surface area contributed by atoms with Crippen molar-refractivity contribution in [3.63, 3.8) is 0 Å². The molecule has 0 saturated heterocycles. The van der Waals surface area contributed by atoms with Gasteiger partial charge >= 0.3 is 5.69 Å². The molecule has 1 rings (SSSR count). The normalized spacial score (nSPS) is 9.94. The second kappa shape index (κ2) is 6.59. The minimum Gasteiger partial charge on any atom is -0.487 e. The summed E-state index contributed by atoms with van der Waals surface area (Å²) in [6.45, 7) is 0.856. The van der Waals surface area contributed by atoms with E-state index >= 15 is 0 Å². The molecule has 0 atom stereocenters. The summed E-state index contributed by atoms with van der Waals surface area (Å²) in [5.41, 5.74) is 0.0490. The van der Waals surface area contributed by atoms with E-state index in [9.17, 15) is 14.9 Å². The van der Waals surface area contributed by atoms with Crippen molar-refractivity contribution >= 4 is 12.0 Å². The van der Waals surface area contributed by atoms with Gasteiger partial charge in [-0.25, -0.2) is 0 Å². The van der Waals surface area contributed by atoms with Crippen molar-refractivity contribution in [3.05, 3.63) is 33.9 Å². The molecular weight excluding hydrogens is 226 g/mol. The minimum absolute atomic E-state index is 0.164. The van der Waals surface area contributed by atoms with Gasteiger partial charge in [-0.1, -0.05) is 0 Å². The summed E-state index contributed by atoms with van der Waals surface area (Å²) in [4.78, 5) is 20.7. The average Bonchev–Trinajstić information content (AvgIpc) is 2.34. The van der Waals surface area contributed by atoms with Crippen molar-refractivity contribution in [2.24, 2.45) is 0 Å². The number of nitro groups is 1. The van der Waals surface area contributed by atoms with E-state index in [0.29, 0.717) is 25.9 Å². The second-order valence-corrected chi connectivity index (χ2v) is 3.30. The maximum atomic E-state index is 10.8. The van der Waals surface area contributed by atoms with Crippen LogP contribution < -0.4 is 4.74 Å². The molecule has 92 valence electrons. The first kappa shape index (κ1) is 13.1. The van der Waals surface area contributed by atoms with Crippen LogP contribution in [0.15, 0.2) is 18.2 Å². The number of carbonyl (C=O) groups excluding carboxylic acids is 1. The molecule has 0 aliphatic rings. The lowest BCUT2D eigenvalue weighted by Gasteiger charge is -2.06. The number of methoxy groups -OCH3 is 1. The van der Waals surface area contributed by atoms with E-state index in [1.807, 2.05) is 0 Å². The number of ether oxygens (including phenoxy) is 2. The number of benzene rings is 1. The van der Waals surface area contributed by atoms with Crippen LogP contribution in [-0.4, -0.2) is 31.5 Å². The molecule has 0 N–H and O–H groups in total. The number of nitro benzene ring substituents is 1. The fraction of sp³-hybridized carbons (Fsp3) is 0.364. The molecule has 1 aromatic rings. The van der Waals surface area contributed by atoms with Crippen molar-refractivity contribution in [1.29, 1.82) is 0 Å². The first-order valence-electron chi connectivity index (χ1n) is 5.04. The van der Waals surface area contributed by atoms with Crippen molar-refractivity contribution in [3.8, 4) is 5.75 Å². The largest absolute Gasteiger partial charge is 0.487 e. The fourth-order valence-electron chi connectivity index (χ4n) is 1.26. The summed E-state index contributed by atoms with van der Waals surface area (Å²) in [5, 5.41) is 10.8. The van der Waals surface area contributed by atoms with Crippen molar-refractivity contribution in [2.75, 3.05) is 20.3 Å². The van der Waals surface area contributed by atoms with Gasteiger partial charge in [0.15, 0.2) is 5.75 Å². The van der Waals surface area contributed by atoms with Gasteiger partial charge in [0.05, 0.1) is 11.5 Å². The zero-order chi connectivity index (χ0) is 12.7. The molecule has 1 aromatic carbocycles. The third-order valence-corrected chi connectivity index (χ3v) is 2.07. The first-order valence-corrected chi connectivity index (χ1v) is 5.04. The molecule has 6 nitrogen and oxygen atoms in total. The maximum Gasteiger partial charge on any atom is 0.311 e. The van der Waals surface area contributed by atoms with Gasteiger partial charge in [-0.2, -0.15) is 0 Å². The van der Waals surface area contributed by atoms with E-state index in [4.69, 9.17) is 9.47 Å². The molecule has 0 heterocycles. The van der Waals surface area contributed by atoms with Gasteiger partial charge in [-0.3, -0.25) is 14.9 Å². The Bertz CT molecular complexity index is 405. The van der Waals surface area contributed by atoms with Crippen molar-refractivity contribution in [2.45, 2.75) is 6.42 Å². The van der Waals surface area contributed by atoms with E-state index in [0.717, 1.165) is 0 Å². The summed E-state index contributed by atoms with van der Waals surface area (Å²) in [7, 11) is 1.57. The molecule has 0 saturated carbocycles. The zero-order valence-electron chi connectivity index (χ0n) is 9.42. The fourth-order valence-corrected chi connectivity index (χ4v) is 1.26. The number of aldehydes is 1. The Balaban J connectivity index is 2.76. The number of rotatable bonds is 7. The summed E-state index contributed by atoms with van der Waals surface area (Å²) >= 11 is 0. The summed E-state index contributed by atoms with van der Waals surface area (Å²) in [6.07, 6.45) is 1.20. The molecule has 0 fully saturated rings. The highest BCUT2D eigenvalue weighted by molar-refractivity contribution is 5.77. The van der Waals surface area contributed by atoms with Crippen LogP contribution >= 0.6 is 0 Å². The Morgan fingerprint density at radius 2 is 2.18 bits per heavy atom. The van der Waals surface area contributed by atoms with Crippen LogP contribution in [-0.2, 0) is 4.74 Å².